The Kier molecular flexibility index (Phi) is 4.05. The topological polar surface area (TPSA) is 36.4 Å². The van der Waals surface area contributed by atoms with E-state index in [1.807, 2.05) is 4.90 Å². The molecular weight excluding hydrogens is 313 g/mol. The molecule has 0 radical (unpaired) electrons. The number of anilines is 1. The monoisotopic (exact) mass is 332 g/mol. The van der Waals surface area contributed by atoms with Crippen molar-refractivity contribution in [2.45, 2.75) is 43.5 Å². The van der Waals surface area contributed by atoms with Gasteiger partial charge in [-0.05, 0) is 24.3 Å². The molecule has 0 aromatic carbocycles. The Balaban J connectivity index is 1.88. The molecule has 3 nitrogen and oxygen atoms in total. The third-order valence-electron chi connectivity index (χ3n) is 4.58. The lowest BCUT2D eigenvalue weighted by Crippen LogP contribution is -2.54. The molecule has 0 saturated carbocycles. The molecule has 0 amide bonds. The van der Waals surface area contributed by atoms with Crippen molar-refractivity contribution in [1.29, 1.82) is 0 Å². The van der Waals surface area contributed by atoms with Crippen LogP contribution in [-0.2, 0) is 6.18 Å². The number of rotatable bonds is 1. The number of hydrogen-bond donors (Lipinski definition) is 1. The van der Waals surface area contributed by atoms with E-state index in [9.17, 15) is 18.3 Å². The second-order valence-electron chi connectivity index (χ2n) is 6.37. The molecular formula is C15H19F3N2OS. The molecule has 22 heavy (non-hydrogen) atoms. The van der Waals surface area contributed by atoms with Gasteiger partial charge in [-0.25, -0.2) is 4.98 Å². The van der Waals surface area contributed by atoms with Crippen LogP contribution < -0.4 is 4.90 Å². The standard InChI is InChI=1S/C15H19F3N2OS/c1-8(2)11-4-10-7-22-13-3-9(15(16,17)18)5-19-14(13)20(10)6-12(11)21/h3,5,8,10-12,21H,4,6-7H2,1-2H3. The summed E-state index contributed by atoms with van der Waals surface area (Å²) >= 11 is 1.43. The van der Waals surface area contributed by atoms with E-state index in [2.05, 4.69) is 18.8 Å². The van der Waals surface area contributed by atoms with Gasteiger partial charge in [0.05, 0.1) is 16.6 Å². The summed E-state index contributed by atoms with van der Waals surface area (Å²) < 4.78 is 38.4. The number of halogens is 3. The van der Waals surface area contributed by atoms with E-state index in [4.69, 9.17) is 0 Å². The number of nitrogens with zero attached hydrogens (tertiary/aromatic N) is 2. The van der Waals surface area contributed by atoms with E-state index in [1.54, 1.807) is 0 Å². The van der Waals surface area contributed by atoms with Crippen LogP contribution in [0, 0.1) is 11.8 Å². The van der Waals surface area contributed by atoms with Crippen molar-refractivity contribution in [3.8, 4) is 0 Å². The minimum atomic E-state index is -4.37. The molecule has 3 heterocycles. The second kappa shape index (κ2) is 5.60. The summed E-state index contributed by atoms with van der Waals surface area (Å²) in [6.45, 7) is 4.64. The van der Waals surface area contributed by atoms with Crippen molar-refractivity contribution in [3.05, 3.63) is 17.8 Å². The van der Waals surface area contributed by atoms with Crippen LogP contribution in [0.15, 0.2) is 17.2 Å². The number of hydrogen-bond acceptors (Lipinski definition) is 4. The predicted molar refractivity (Wildman–Crippen MR) is 80.0 cm³/mol. The van der Waals surface area contributed by atoms with E-state index in [0.29, 0.717) is 23.2 Å². The molecule has 0 spiro atoms. The molecule has 2 aliphatic rings. The fourth-order valence-corrected chi connectivity index (χ4v) is 4.52. The highest BCUT2D eigenvalue weighted by Crippen LogP contribution is 2.43. The maximum Gasteiger partial charge on any atom is 0.417 e. The zero-order valence-corrected chi connectivity index (χ0v) is 13.3. The second-order valence-corrected chi connectivity index (χ2v) is 7.43. The number of thioether (sulfide) groups is 1. The Labute approximate surface area is 131 Å². The van der Waals surface area contributed by atoms with Crippen LogP contribution in [0.3, 0.4) is 0 Å². The molecule has 122 valence electrons. The number of alkyl halides is 3. The van der Waals surface area contributed by atoms with E-state index >= 15 is 0 Å². The summed E-state index contributed by atoms with van der Waals surface area (Å²) in [6, 6.07) is 1.40. The molecule has 1 saturated heterocycles. The van der Waals surface area contributed by atoms with Crippen LogP contribution in [0.5, 0.6) is 0 Å². The van der Waals surface area contributed by atoms with Gasteiger partial charge < -0.3 is 10.0 Å². The minimum absolute atomic E-state index is 0.234. The molecule has 0 aliphatic carbocycles. The van der Waals surface area contributed by atoms with Crippen LogP contribution in [0.25, 0.3) is 0 Å². The summed E-state index contributed by atoms with van der Waals surface area (Å²) in [5, 5.41) is 10.3. The molecule has 3 unspecified atom stereocenters. The number of aliphatic hydroxyl groups excluding tert-OH is 1. The van der Waals surface area contributed by atoms with E-state index in [1.165, 1.54) is 17.8 Å². The zero-order chi connectivity index (χ0) is 16.1. The van der Waals surface area contributed by atoms with Gasteiger partial charge in [0.15, 0.2) is 0 Å². The van der Waals surface area contributed by atoms with Crippen molar-refractivity contribution in [2.24, 2.45) is 11.8 Å². The van der Waals surface area contributed by atoms with Gasteiger partial charge in [0, 0.05) is 24.5 Å². The van der Waals surface area contributed by atoms with E-state index in [0.717, 1.165) is 18.4 Å². The average molecular weight is 332 g/mol. The van der Waals surface area contributed by atoms with Gasteiger partial charge in [-0.1, -0.05) is 13.8 Å². The molecule has 1 N–H and O–H groups in total. The first-order valence-electron chi connectivity index (χ1n) is 7.42. The van der Waals surface area contributed by atoms with Crippen LogP contribution >= 0.6 is 11.8 Å². The van der Waals surface area contributed by atoms with Crippen molar-refractivity contribution >= 4 is 17.6 Å². The Morgan fingerprint density at radius 2 is 2.14 bits per heavy atom. The molecule has 1 fully saturated rings. The van der Waals surface area contributed by atoms with E-state index < -0.39 is 17.8 Å². The summed E-state index contributed by atoms with van der Waals surface area (Å²) in [7, 11) is 0. The fourth-order valence-electron chi connectivity index (χ4n) is 3.32. The number of pyridine rings is 1. The Morgan fingerprint density at radius 1 is 1.41 bits per heavy atom. The Bertz CT molecular complexity index is 564. The molecule has 1 aromatic rings. The van der Waals surface area contributed by atoms with Crippen molar-refractivity contribution in [1.82, 2.24) is 4.98 Å². The summed E-state index contributed by atoms with van der Waals surface area (Å²) in [4.78, 5) is 6.59. The van der Waals surface area contributed by atoms with Crippen LogP contribution in [0.1, 0.15) is 25.8 Å². The third-order valence-corrected chi connectivity index (χ3v) is 5.75. The summed E-state index contributed by atoms with van der Waals surface area (Å²) in [6.07, 6.45) is -3.09. The number of aromatic nitrogens is 1. The lowest BCUT2D eigenvalue weighted by molar-refractivity contribution is -0.138. The molecule has 0 bridgehead atoms. The minimum Gasteiger partial charge on any atom is -0.391 e. The first-order chi connectivity index (χ1) is 10.3. The SMILES string of the molecule is CC(C)C1CC2CSc3cc(C(F)(F)F)cnc3N2CC1O. The van der Waals surface area contributed by atoms with Crippen molar-refractivity contribution in [3.63, 3.8) is 0 Å². The van der Waals surface area contributed by atoms with Crippen LogP contribution in [0.2, 0.25) is 0 Å². The first kappa shape index (κ1) is 15.9. The zero-order valence-electron chi connectivity index (χ0n) is 12.5. The predicted octanol–water partition coefficient (Wildman–Crippen LogP) is 3.42. The van der Waals surface area contributed by atoms with Gasteiger partial charge in [0.2, 0.25) is 0 Å². The van der Waals surface area contributed by atoms with Gasteiger partial charge in [-0.3, -0.25) is 0 Å². The highest BCUT2D eigenvalue weighted by Gasteiger charge is 2.40. The molecule has 3 atom stereocenters. The highest BCUT2D eigenvalue weighted by molar-refractivity contribution is 7.99. The van der Waals surface area contributed by atoms with Crippen molar-refractivity contribution < 1.29 is 18.3 Å². The Morgan fingerprint density at radius 3 is 2.77 bits per heavy atom. The van der Waals surface area contributed by atoms with Crippen LogP contribution in [0.4, 0.5) is 19.0 Å². The van der Waals surface area contributed by atoms with E-state index in [-0.39, 0.29) is 12.0 Å². The summed E-state index contributed by atoms with van der Waals surface area (Å²) in [5.74, 6) is 1.95. The van der Waals surface area contributed by atoms with Gasteiger partial charge in [-0.2, -0.15) is 13.2 Å². The Hall–Kier alpha value is -0.950. The van der Waals surface area contributed by atoms with Crippen molar-refractivity contribution in [2.75, 3.05) is 17.2 Å². The lowest BCUT2D eigenvalue weighted by atomic mass is 9.81. The average Bonchev–Trinajstić information content (AvgIpc) is 2.44. The largest absolute Gasteiger partial charge is 0.417 e. The van der Waals surface area contributed by atoms with Gasteiger partial charge >= 0.3 is 6.18 Å². The summed E-state index contributed by atoms with van der Waals surface area (Å²) in [5.41, 5.74) is -0.713. The number of aliphatic hydroxyl groups is 1. The highest BCUT2D eigenvalue weighted by atomic mass is 32.2. The molecule has 7 heteroatoms. The number of piperidine rings is 1. The quantitative estimate of drug-likeness (QED) is 0.855. The normalized spacial score (nSPS) is 28.5. The third kappa shape index (κ3) is 2.80. The smallest absolute Gasteiger partial charge is 0.391 e. The maximum absolute atomic E-state index is 12.8. The van der Waals surface area contributed by atoms with Gasteiger partial charge in [0.1, 0.15) is 5.82 Å². The fraction of sp³-hybridized carbons (Fsp3) is 0.667. The lowest BCUT2D eigenvalue weighted by Gasteiger charge is -2.46. The molecule has 3 rings (SSSR count). The maximum atomic E-state index is 12.8. The molecule has 1 aromatic heterocycles. The first-order valence-corrected chi connectivity index (χ1v) is 8.40. The van der Waals surface area contributed by atoms with Gasteiger partial charge in [-0.15, -0.1) is 11.8 Å². The number of fused-ring (bicyclic) bond motifs is 3. The van der Waals surface area contributed by atoms with Gasteiger partial charge in [0.25, 0.3) is 0 Å². The molecule has 2 aliphatic heterocycles. The van der Waals surface area contributed by atoms with Crippen LogP contribution in [-0.4, -0.2) is 34.5 Å².